The molecule has 1 aromatic heterocycles. The topological polar surface area (TPSA) is 74.7 Å². The maximum atomic E-state index is 12.3. The first-order valence-corrected chi connectivity index (χ1v) is 9.30. The Hall–Kier alpha value is -2.28. The SMILES string of the molecule is CC(C)(O)c1cncc(-c2ccc(C(=O)NCCN3CCOCC3)cc2)c1. The second-order valence-electron chi connectivity index (χ2n) is 7.31. The molecule has 144 valence electrons. The second kappa shape index (κ2) is 8.61. The molecule has 2 heterocycles. The van der Waals surface area contributed by atoms with Crippen LogP contribution >= 0.6 is 0 Å². The molecule has 1 saturated heterocycles. The first-order chi connectivity index (χ1) is 12.9. The van der Waals surface area contributed by atoms with Gasteiger partial charge in [0.15, 0.2) is 0 Å². The number of carbonyl (C=O) groups is 1. The van der Waals surface area contributed by atoms with Crippen molar-refractivity contribution in [1.29, 1.82) is 0 Å². The predicted molar refractivity (Wildman–Crippen MR) is 105 cm³/mol. The summed E-state index contributed by atoms with van der Waals surface area (Å²) in [5, 5.41) is 13.1. The zero-order chi connectivity index (χ0) is 19.3. The highest BCUT2D eigenvalue weighted by atomic mass is 16.5. The number of rotatable bonds is 6. The molecule has 1 fully saturated rings. The Bertz CT molecular complexity index is 763. The Morgan fingerprint density at radius 1 is 1.19 bits per heavy atom. The van der Waals surface area contributed by atoms with Crippen LogP contribution in [0.3, 0.4) is 0 Å². The summed E-state index contributed by atoms with van der Waals surface area (Å²) in [7, 11) is 0. The molecule has 6 nitrogen and oxygen atoms in total. The van der Waals surface area contributed by atoms with Gasteiger partial charge in [-0.3, -0.25) is 14.7 Å². The normalized spacial score (nSPS) is 15.5. The highest BCUT2D eigenvalue weighted by Crippen LogP contribution is 2.25. The lowest BCUT2D eigenvalue weighted by atomic mass is 9.96. The summed E-state index contributed by atoms with van der Waals surface area (Å²) in [5.74, 6) is -0.0711. The van der Waals surface area contributed by atoms with Crippen molar-refractivity contribution in [3.63, 3.8) is 0 Å². The van der Waals surface area contributed by atoms with E-state index in [1.807, 2.05) is 30.3 Å². The number of nitrogens with one attached hydrogen (secondary N) is 1. The van der Waals surface area contributed by atoms with E-state index in [-0.39, 0.29) is 5.91 Å². The maximum Gasteiger partial charge on any atom is 0.251 e. The average molecular weight is 369 g/mol. The monoisotopic (exact) mass is 369 g/mol. The van der Waals surface area contributed by atoms with E-state index in [1.54, 1.807) is 26.2 Å². The minimum atomic E-state index is -0.941. The number of aromatic nitrogens is 1. The van der Waals surface area contributed by atoms with Crippen LogP contribution in [0, 0.1) is 0 Å². The summed E-state index contributed by atoms with van der Waals surface area (Å²) in [5.41, 5.74) is 2.31. The molecule has 1 aromatic carbocycles. The molecule has 0 atom stereocenters. The van der Waals surface area contributed by atoms with E-state index < -0.39 is 5.60 Å². The van der Waals surface area contributed by atoms with Crippen LogP contribution in [0.25, 0.3) is 11.1 Å². The van der Waals surface area contributed by atoms with E-state index >= 15 is 0 Å². The van der Waals surface area contributed by atoms with Crippen LogP contribution < -0.4 is 5.32 Å². The first-order valence-electron chi connectivity index (χ1n) is 9.30. The summed E-state index contributed by atoms with van der Waals surface area (Å²) in [6, 6.07) is 9.36. The molecule has 0 spiro atoms. The van der Waals surface area contributed by atoms with Crippen LogP contribution in [0.15, 0.2) is 42.7 Å². The van der Waals surface area contributed by atoms with Gasteiger partial charge in [-0.2, -0.15) is 0 Å². The fraction of sp³-hybridized carbons (Fsp3) is 0.429. The number of hydrogen-bond donors (Lipinski definition) is 2. The summed E-state index contributed by atoms with van der Waals surface area (Å²) in [6.45, 7) is 8.29. The lowest BCUT2D eigenvalue weighted by Crippen LogP contribution is -2.41. The molecule has 1 aliphatic rings. The van der Waals surface area contributed by atoms with Gasteiger partial charge in [0.2, 0.25) is 0 Å². The number of pyridine rings is 1. The highest BCUT2D eigenvalue weighted by Gasteiger charge is 2.17. The van der Waals surface area contributed by atoms with Gasteiger partial charge >= 0.3 is 0 Å². The molecule has 27 heavy (non-hydrogen) atoms. The third kappa shape index (κ3) is 5.35. The lowest BCUT2D eigenvalue weighted by Gasteiger charge is -2.26. The van der Waals surface area contributed by atoms with Gasteiger partial charge in [-0.15, -0.1) is 0 Å². The van der Waals surface area contributed by atoms with E-state index in [9.17, 15) is 9.90 Å². The Kier molecular flexibility index (Phi) is 6.21. The number of hydrogen-bond acceptors (Lipinski definition) is 5. The van der Waals surface area contributed by atoms with E-state index in [0.29, 0.717) is 12.1 Å². The van der Waals surface area contributed by atoms with Crippen LogP contribution in [0.1, 0.15) is 29.8 Å². The molecule has 2 aromatic rings. The standard InChI is InChI=1S/C21H27N3O3/c1-21(2,26)19-13-18(14-22-15-19)16-3-5-17(6-4-16)20(25)23-7-8-24-9-11-27-12-10-24/h3-6,13-15,26H,7-12H2,1-2H3,(H,23,25). The van der Waals surface area contributed by atoms with Crippen LogP contribution in [-0.4, -0.2) is 60.3 Å². The quantitative estimate of drug-likeness (QED) is 0.815. The van der Waals surface area contributed by atoms with Crippen LogP contribution in [0.5, 0.6) is 0 Å². The Balaban J connectivity index is 1.59. The predicted octanol–water partition coefficient (Wildman–Crippen LogP) is 2.04. The van der Waals surface area contributed by atoms with Crippen molar-refractivity contribution in [2.45, 2.75) is 19.4 Å². The molecule has 0 bridgehead atoms. The minimum Gasteiger partial charge on any atom is -0.386 e. The number of aliphatic hydroxyl groups is 1. The van der Waals surface area contributed by atoms with Crippen molar-refractivity contribution in [2.75, 3.05) is 39.4 Å². The molecule has 6 heteroatoms. The molecule has 1 amide bonds. The summed E-state index contributed by atoms with van der Waals surface area (Å²) in [4.78, 5) is 18.8. The highest BCUT2D eigenvalue weighted by molar-refractivity contribution is 5.94. The fourth-order valence-electron chi connectivity index (χ4n) is 3.00. The molecular formula is C21H27N3O3. The molecule has 2 N–H and O–H groups in total. The van der Waals surface area contributed by atoms with Gasteiger partial charge < -0.3 is 15.2 Å². The van der Waals surface area contributed by atoms with Crippen molar-refractivity contribution in [2.24, 2.45) is 0 Å². The Labute approximate surface area is 160 Å². The van der Waals surface area contributed by atoms with Crippen LogP contribution in [0.2, 0.25) is 0 Å². The molecule has 0 aliphatic carbocycles. The van der Waals surface area contributed by atoms with Gasteiger partial charge in [-0.05, 0) is 37.6 Å². The Morgan fingerprint density at radius 3 is 2.56 bits per heavy atom. The van der Waals surface area contributed by atoms with Gasteiger partial charge in [-0.1, -0.05) is 12.1 Å². The number of morpholine rings is 1. The zero-order valence-electron chi connectivity index (χ0n) is 15.9. The van der Waals surface area contributed by atoms with E-state index in [4.69, 9.17) is 4.74 Å². The zero-order valence-corrected chi connectivity index (χ0v) is 15.9. The van der Waals surface area contributed by atoms with Crippen LogP contribution in [-0.2, 0) is 10.3 Å². The molecular weight excluding hydrogens is 342 g/mol. The lowest BCUT2D eigenvalue weighted by molar-refractivity contribution is 0.0383. The van der Waals surface area contributed by atoms with Gasteiger partial charge in [0.25, 0.3) is 5.91 Å². The number of amides is 1. The molecule has 3 rings (SSSR count). The number of nitrogens with zero attached hydrogens (tertiary/aromatic N) is 2. The first kappa shape index (κ1) is 19.5. The summed E-state index contributed by atoms with van der Waals surface area (Å²) < 4.78 is 5.32. The molecule has 0 saturated carbocycles. The van der Waals surface area contributed by atoms with E-state index in [1.165, 1.54) is 0 Å². The smallest absolute Gasteiger partial charge is 0.251 e. The number of carbonyl (C=O) groups excluding carboxylic acids is 1. The van der Waals surface area contributed by atoms with Crippen molar-refractivity contribution < 1.29 is 14.6 Å². The summed E-state index contributed by atoms with van der Waals surface area (Å²) >= 11 is 0. The van der Waals surface area contributed by atoms with Crippen molar-refractivity contribution in [1.82, 2.24) is 15.2 Å². The fourth-order valence-corrected chi connectivity index (χ4v) is 3.00. The average Bonchev–Trinajstić information content (AvgIpc) is 2.68. The van der Waals surface area contributed by atoms with Crippen LogP contribution in [0.4, 0.5) is 0 Å². The van der Waals surface area contributed by atoms with E-state index in [0.717, 1.165) is 49.5 Å². The third-order valence-electron chi connectivity index (χ3n) is 4.74. The second-order valence-corrected chi connectivity index (χ2v) is 7.31. The largest absolute Gasteiger partial charge is 0.386 e. The minimum absolute atomic E-state index is 0.0711. The van der Waals surface area contributed by atoms with Crippen molar-refractivity contribution in [3.8, 4) is 11.1 Å². The van der Waals surface area contributed by atoms with Gasteiger partial charge in [0.05, 0.1) is 18.8 Å². The molecule has 1 aliphatic heterocycles. The molecule has 0 unspecified atom stereocenters. The maximum absolute atomic E-state index is 12.3. The Morgan fingerprint density at radius 2 is 1.89 bits per heavy atom. The van der Waals surface area contributed by atoms with E-state index in [2.05, 4.69) is 15.2 Å². The summed E-state index contributed by atoms with van der Waals surface area (Å²) in [6.07, 6.45) is 3.42. The van der Waals surface area contributed by atoms with Gasteiger partial charge in [0.1, 0.15) is 0 Å². The number of ether oxygens (including phenoxy) is 1. The van der Waals surface area contributed by atoms with Gasteiger partial charge in [0, 0.05) is 55.3 Å². The van der Waals surface area contributed by atoms with Crippen molar-refractivity contribution in [3.05, 3.63) is 53.9 Å². The molecule has 0 radical (unpaired) electrons. The van der Waals surface area contributed by atoms with Crippen molar-refractivity contribution >= 4 is 5.91 Å². The van der Waals surface area contributed by atoms with Gasteiger partial charge in [-0.25, -0.2) is 0 Å². The third-order valence-corrected chi connectivity index (χ3v) is 4.74. The number of benzene rings is 1.